The fraction of sp³-hybridized carbons (Fsp3) is 0.959. The number of carbonyl (C=O) groups is 2. The molecule has 0 aliphatic heterocycles. The van der Waals surface area contributed by atoms with Gasteiger partial charge in [-0.3, -0.25) is 9.59 Å². The van der Waals surface area contributed by atoms with E-state index in [9.17, 15) is 14.7 Å². The number of nitrogens with one attached hydrogen (secondary N) is 2. The summed E-state index contributed by atoms with van der Waals surface area (Å²) in [7, 11) is 0. The Morgan fingerprint density at radius 3 is 1.44 bits per heavy atom. The number of ether oxygens (including phenoxy) is 2. The largest absolute Gasteiger partial charge is 0.465 e. The van der Waals surface area contributed by atoms with E-state index in [2.05, 4.69) is 50.2 Å². The van der Waals surface area contributed by atoms with Gasteiger partial charge in [0.15, 0.2) is 0 Å². The minimum Gasteiger partial charge on any atom is -0.465 e. The van der Waals surface area contributed by atoms with Gasteiger partial charge in [0.2, 0.25) is 0 Å². The lowest BCUT2D eigenvalue weighted by Crippen LogP contribution is -2.36. The Kier molecular flexibility index (Phi) is 43.4. The molecule has 0 aromatic rings. The van der Waals surface area contributed by atoms with Gasteiger partial charge in [-0.2, -0.15) is 0 Å². The molecule has 0 spiro atoms. The summed E-state index contributed by atoms with van der Waals surface area (Å²) >= 11 is 0. The molecule has 0 saturated carbocycles. The predicted octanol–water partition coefficient (Wildman–Crippen LogP) is 12.3. The number of nitrogens with zero attached hydrogens (tertiary/aromatic N) is 1. The zero-order valence-electron chi connectivity index (χ0n) is 38.8. The molecule has 0 bridgehead atoms. The van der Waals surface area contributed by atoms with E-state index >= 15 is 0 Å². The second-order valence-electron chi connectivity index (χ2n) is 17.2. The smallest absolute Gasteiger partial charge is 0.305 e. The number of rotatable bonds is 46. The van der Waals surface area contributed by atoms with Crippen molar-refractivity contribution in [2.75, 3.05) is 52.7 Å². The van der Waals surface area contributed by atoms with Gasteiger partial charge in [0, 0.05) is 44.6 Å². The van der Waals surface area contributed by atoms with Crippen molar-refractivity contribution in [1.82, 2.24) is 15.5 Å². The molecule has 0 heterocycles. The molecule has 57 heavy (non-hydrogen) atoms. The molecular weight excluding hydrogens is 711 g/mol. The molecule has 0 aromatic heterocycles. The number of carbonyl (C=O) groups excluding carboxylic acids is 2. The van der Waals surface area contributed by atoms with Gasteiger partial charge in [-0.1, -0.05) is 163 Å². The van der Waals surface area contributed by atoms with Crippen LogP contribution in [-0.2, 0) is 19.1 Å². The molecule has 8 heteroatoms. The SMILES string of the molecule is CCCCCCCCC(CCCCCC)COC(=O)CCCCCC(CCCCCC(=O)OCC(CCCCCCCC)CNCNCC)N(CC)CCCCO. The Balaban J connectivity index is 4.68. The van der Waals surface area contributed by atoms with E-state index in [0.717, 1.165) is 103 Å². The number of esters is 2. The minimum absolute atomic E-state index is 0.0139. The standard InChI is InChI=1S/C49H99N3O5/c1-6-11-14-17-19-24-33-45(32-23-16-13-8-3)42-56-48(54)37-28-21-26-35-47(52(10-5)39-30-31-40-53)36-27-22-29-38-49(55)57-43-46(41-51-44-50-9-4)34-25-20-18-15-12-7-2/h45-47,50-51,53H,6-44H2,1-5H3. The molecule has 0 saturated heterocycles. The van der Waals surface area contributed by atoms with Crippen molar-refractivity contribution in [2.24, 2.45) is 11.8 Å². The topological polar surface area (TPSA) is 100 Å². The van der Waals surface area contributed by atoms with Crippen molar-refractivity contribution < 1.29 is 24.2 Å². The Morgan fingerprint density at radius 2 is 0.947 bits per heavy atom. The summed E-state index contributed by atoms with van der Waals surface area (Å²) in [4.78, 5) is 28.1. The molecular formula is C49H99N3O5. The second-order valence-corrected chi connectivity index (χ2v) is 17.2. The van der Waals surface area contributed by atoms with E-state index in [-0.39, 0.29) is 18.5 Å². The fourth-order valence-electron chi connectivity index (χ4n) is 8.08. The summed E-state index contributed by atoms with van der Waals surface area (Å²) in [5, 5.41) is 16.2. The first-order valence-electron chi connectivity index (χ1n) is 25.0. The van der Waals surface area contributed by atoms with Crippen LogP contribution in [0.3, 0.4) is 0 Å². The highest BCUT2D eigenvalue weighted by Crippen LogP contribution is 2.22. The number of hydrogen-bond donors (Lipinski definition) is 3. The van der Waals surface area contributed by atoms with E-state index in [0.29, 0.717) is 43.9 Å². The van der Waals surface area contributed by atoms with E-state index < -0.39 is 0 Å². The van der Waals surface area contributed by atoms with Crippen molar-refractivity contribution in [3.8, 4) is 0 Å². The molecule has 0 fully saturated rings. The molecule has 8 nitrogen and oxygen atoms in total. The molecule has 340 valence electrons. The van der Waals surface area contributed by atoms with Crippen LogP contribution in [-0.4, -0.2) is 80.7 Å². The van der Waals surface area contributed by atoms with Gasteiger partial charge in [-0.25, -0.2) is 0 Å². The molecule has 0 aromatic carbocycles. The Bertz CT molecular complexity index is 788. The van der Waals surface area contributed by atoms with Gasteiger partial charge < -0.3 is 30.1 Å². The third kappa shape index (κ3) is 37.5. The van der Waals surface area contributed by atoms with Crippen LogP contribution in [0.5, 0.6) is 0 Å². The lowest BCUT2D eigenvalue weighted by atomic mass is 9.95. The summed E-state index contributed by atoms with van der Waals surface area (Å²) in [6.45, 7) is 17.2. The monoisotopic (exact) mass is 810 g/mol. The van der Waals surface area contributed by atoms with E-state index in [4.69, 9.17) is 9.47 Å². The normalized spacial score (nSPS) is 13.2. The summed E-state index contributed by atoms with van der Waals surface area (Å²) in [6, 6.07) is 0.500. The summed E-state index contributed by atoms with van der Waals surface area (Å²) < 4.78 is 11.7. The molecule has 3 atom stereocenters. The predicted molar refractivity (Wildman–Crippen MR) is 244 cm³/mol. The fourth-order valence-corrected chi connectivity index (χ4v) is 8.08. The molecule has 3 unspecified atom stereocenters. The Morgan fingerprint density at radius 1 is 0.509 bits per heavy atom. The maximum atomic E-state index is 12.8. The van der Waals surface area contributed by atoms with Gasteiger partial charge in [-0.15, -0.1) is 0 Å². The third-order valence-corrected chi connectivity index (χ3v) is 11.9. The first kappa shape index (κ1) is 55.8. The summed E-state index contributed by atoms with van der Waals surface area (Å²) in [5.41, 5.74) is 0. The minimum atomic E-state index is -0.0517. The van der Waals surface area contributed by atoms with Crippen molar-refractivity contribution in [3.63, 3.8) is 0 Å². The van der Waals surface area contributed by atoms with Gasteiger partial charge in [0.1, 0.15) is 0 Å². The molecule has 3 N–H and O–H groups in total. The van der Waals surface area contributed by atoms with Crippen LogP contribution in [0.25, 0.3) is 0 Å². The van der Waals surface area contributed by atoms with Crippen LogP contribution in [0.2, 0.25) is 0 Å². The average molecular weight is 810 g/mol. The first-order chi connectivity index (χ1) is 27.9. The second kappa shape index (κ2) is 44.3. The van der Waals surface area contributed by atoms with Gasteiger partial charge in [-0.05, 0) is 83.3 Å². The maximum Gasteiger partial charge on any atom is 0.305 e. The third-order valence-electron chi connectivity index (χ3n) is 11.9. The zero-order chi connectivity index (χ0) is 41.9. The highest BCUT2D eigenvalue weighted by atomic mass is 16.5. The lowest BCUT2D eigenvalue weighted by Gasteiger charge is -2.31. The average Bonchev–Trinajstić information content (AvgIpc) is 3.21. The van der Waals surface area contributed by atoms with E-state index in [1.54, 1.807) is 0 Å². The van der Waals surface area contributed by atoms with Gasteiger partial charge >= 0.3 is 11.9 Å². The Hall–Kier alpha value is -1.22. The lowest BCUT2D eigenvalue weighted by molar-refractivity contribution is -0.146. The van der Waals surface area contributed by atoms with Crippen molar-refractivity contribution >= 4 is 11.9 Å². The molecule has 0 amide bonds. The maximum absolute atomic E-state index is 12.8. The van der Waals surface area contributed by atoms with Crippen LogP contribution in [0.1, 0.15) is 234 Å². The van der Waals surface area contributed by atoms with Crippen LogP contribution in [0, 0.1) is 11.8 Å². The van der Waals surface area contributed by atoms with Gasteiger partial charge in [0.25, 0.3) is 0 Å². The molecule has 0 radical (unpaired) electrons. The van der Waals surface area contributed by atoms with Crippen molar-refractivity contribution in [2.45, 2.75) is 240 Å². The van der Waals surface area contributed by atoms with E-state index in [1.807, 2.05) is 0 Å². The zero-order valence-corrected chi connectivity index (χ0v) is 38.8. The molecule has 0 aliphatic rings. The highest BCUT2D eigenvalue weighted by Gasteiger charge is 2.18. The van der Waals surface area contributed by atoms with E-state index in [1.165, 1.54) is 116 Å². The van der Waals surface area contributed by atoms with Crippen molar-refractivity contribution in [1.29, 1.82) is 0 Å². The summed E-state index contributed by atoms with van der Waals surface area (Å²) in [6.07, 6.45) is 35.4. The molecule has 0 aliphatic carbocycles. The van der Waals surface area contributed by atoms with Crippen LogP contribution in [0.4, 0.5) is 0 Å². The summed E-state index contributed by atoms with van der Waals surface area (Å²) in [5.74, 6) is 0.819. The van der Waals surface area contributed by atoms with Crippen LogP contribution < -0.4 is 10.6 Å². The van der Waals surface area contributed by atoms with Crippen molar-refractivity contribution in [3.05, 3.63) is 0 Å². The number of unbranched alkanes of at least 4 members (excludes halogenated alkanes) is 18. The highest BCUT2D eigenvalue weighted by molar-refractivity contribution is 5.69. The first-order valence-corrected chi connectivity index (χ1v) is 25.0. The quantitative estimate of drug-likeness (QED) is 0.0318. The number of hydrogen-bond acceptors (Lipinski definition) is 8. The van der Waals surface area contributed by atoms with Gasteiger partial charge in [0.05, 0.1) is 13.2 Å². The number of aliphatic hydroxyl groups excluding tert-OH is 1. The number of aliphatic hydroxyl groups is 1. The van der Waals surface area contributed by atoms with Crippen LogP contribution in [0.15, 0.2) is 0 Å². The Labute approximate surface area is 354 Å². The molecule has 0 rings (SSSR count). The van der Waals surface area contributed by atoms with Crippen LogP contribution >= 0.6 is 0 Å².